The van der Waals surface area contributed by atoms with E-state index in [-0.39, 0.29) is 0 Å². The second kappa shape index (κ2) is 6.78. The van der Waals surface area contributed by atoms with E-state index in [1.807, 2.05) is 0 Å². The number of halogens is 5. The van der Waals surface area contributed by atoms with Crippen LogP contribution in [0.4, 0.5) is 19.4 Å². The molecule has 27 heavy (non-hydrogen) atoms. The molecule has 0 saturated heterocycles. The number of allylic oxidation sites excluding steroid dienone is 2. The molecule has 154 valence electrons. The van der Waals surface area contributed by atoms with Crippen molar-refractivity contribution in [2.75, 3.05) is 0 Å². The van der Waals surface area contributed by atoms with Crippen molar-refractivity contribution in [3.05, 3.63) is 35.9 Å². The minimum absolute atomic E-state index is 0.527. The zero-order valence-electron chi connectivity index (χ0n) is 15.8. The van der Waals surface area contributed by atoms with Gasteiger partial charge >= 0.3 is 10.2 Å². The van der Waals surface area contributed by atoms with Gasteiger partial charge in [-0.1, -0.05) is 70.2 Å². The van der Waals surface area contributed by atoms with E-state index < -0.39 is 15.1 Å². The van der Waals surface area contributed by atoms with Crippen LogP contribution < -0.4 is 0 Å². The zero-order chi connectivity index (χ0) is 19.8. The van der Waals surface area contributed by atoms with Crippen LogP contribution >= 0.6 is 10.2 Å². The van der Waals surface area contributed by atoms with Crippen molar-refractivity contribution in [2.45, 2.75) is 69.6 Å². The van der Waals surface area contributed by atoms with Crippen LogP contribution in [0.1, 0.15) is 70.3 Å². The lowest BCUT2D eigenvalue weighted by Gasteiger charge is -2.40. The van der Waals surface area contributed by atoms with Crippen molar-refractivity contribution >= 4 is 15.8 Å². The van der Waals surface area contributed by atoms with Gasteiger partial charge in [0.15, 0.2) is 0 Å². The monoisotopic (exact) mass is 408 g/mol. The van der Waals surface area contributed by atoms with Gasteiger partial charge in [-0.05, 0) is 73.1 Å². The van der Waals surface area contributed by atoms with Crippen molar-refractivity contribution in [1.29, 1.82) is 0 Å². The highest BCUT2D eigenvalue weighted by atomic mass is 32.5. The van der Waals surface area contributed by atoms with E-state index in [0.717, 1.165) is 36.7 Å². The maximum atomic E-state index is 12.8. The molecule has 2 aliphatic rings. The fourth-order valence-corrected chi connectivity index (χ4v) is 5.48. The van der Waals surface area contributed by atoms with Crippen LogP contribution in [0.25, 0.3) is 5.57 Å². The summed E-state index contributed by atoms with van der Waals surface area (Å²) in [5.41, 5.74) is 1.62. The lowest BCUT2D eigenvalue weighted by atomic mass is 9.70. The standard InChI is InChI=1S/C21H29F5S/c1-2-3-16-4-6-17(7-5-16)18-8-10-19(11-9-18)20-12-14-21(15-13-20)27(22,23,24,25)26/h10,12-18H,2-9,11H2,1H3. The molecule has 0 spiro atoms. The highest BCUT2D eigenvalue weighted by Gasteiger charge is 2.65. The summed E-state index contributed by atoms with van der Waals surface area (Å²) in [6.07, 6.45) is 12.7. The molecule has 1 fully saturated rings. The van der Waals surface area contributed by atoms with Gasteiger partial charge in [0.2, 0.25) is 0 Å². The number of rotatable bonds is 5. The predicted octanol–water partition coefficient (Wildman–Crippen LogP) is 9.13. The summed E-state index contributed by atoms with van der Waals surface area (Å²) >= 11 is 0. The summed E-state index contributed by atoms with van der Waals surface area (Å²) < 4.78 is 64.2. The molecule has 0 nitrogen and oxygen atoms in total. The minimum Gasteiger partial charge on any atom is -0.0936 e. The Bertz CT molecular complexity index is 682. The molecule has 0 amide bonds. The molecule has 3 rings (SSSR count). The topological polar surface area (TPSA) is 0 Å². The smallest absolute Gasteiger partial charge is 0.0936 e. The lowest BCUT2D eigenvalue weighted by Crippen LogP contribution is -2.23. The molecule has 0 aromatic heterocycles. The normalized spacial score (nSPS) is 29.6. The van der Waals surface area contributed by atoms with Crippen molar-refractivity contribution < 1.29 is 19.4 Å². The Balaban J connectivity index is 1.61. The van der Waals surface area contributed by atoms with E-state index in [4.69, 9.17) is 0 Å². The van der Waals surface area contributed by atoms with Crippen LogP contribution in [0.15, 0.2) is 35.2 Å². The molecule has 1 atom stereocenters. The Morgan fingerprint density at radius 1 is 0.852 bits per heavy atom. The Hall–Kier alpha value is -1.04. The molecule has 1 unspecified atom stereocenters. The predicted molar refractivity (Wildman–Crippen MR) is 104 cm³/mol. The van der Waals surface area contributed by atoms with Gasteiger partial charge in [-0.3, -0.25) is 0 Å². The molecule has 0 bridgehead atoms. The van der Waals surface area contributed by atoms with Crippen LogP contribution in [-0.2, 0) is 0 Å². The number of hydrogen-bond acceptors (Lipinski definition) is 0. The third-order valence-electron chi connectivity index (χ3n) is 6.38. The molecule has 0 radical (unpaired) electrons. The second-order valence-corrected chi connectivity index (χ2v) is 10.7. The first-order valence-electron chi connectivity index (χ1n) is 10.00. The van der Waals surface area contributed by atoms with E-state index in [9.17, 15) is 19.4 Å². The van der Waals surface area contributed by atoms with Gasteiger partial charge in [0, 0.05) is 0 Å². The Morgan fingerprint density at radius 3 is 1.96 bits per heavy atom. The maximum Gasteiger partial charge on any atom is 0.310 e. The molecule has 1 aromatic rings. The molecule has 6 heteroatoms. The molecule has 0 N–H and O–H groups in total. The Labute approximate surface area is 159 Å². The average Bonchev–Trinajstić information content (AvgIpc) is 2.61. The Morgan fingerprint density at radius 2 is 1.48 bits per heavy atom. The van der Waals surface area contributed by atoms with Gasteiger partial charge in [0.25, 0.3) is 0 Å². The molecule has 2 aliphatic carbocycles. The fraction of sp³-hybridized carbons (Fsp3) is 0.619. The highest BCUT2D eigenvalue weighted by molar-refractivity contribution is 8.45. The third kappa shape index (κ3) is 5.27. The zero-order valence-corrected chi connectivity index (χ0v) is 16.6. The molecule has 0 aliphatic heterocycles. The summed E-state index contributed by atoms with van der Waals surface area (Å²) in [6, 6.07) is 3.43. The van der Waals surface area contributed by atoms with Gasteiger partial charge in [-0.2, -0.15) is 0 Å². The van der Waals surface area contributed by atoms with E-state index >= 15 is 0 Å². The SMILES string of the molecule is CCCC1CCC(C2CC=C(c3ccc(S(F)(F)(F)(F)F)cc3)CC2)CC1. The molecular formula is C21H29F5S. The minimum atomic E-state index is -9.58. The Kier molecular flexibility index (Phi) is 5.20. The first-order valence-corrected chi connectivity index (χ1v) is 11.9. The van der Waals surface area contributed by atoms with Crippen molar-refractivity contribution in [1.82, 2.24) is 0 Å². The van der Waals surface area contributed by atoms with Gasteiger partial charge in [-0.25, -0.2) is 0 Å². The number of hydrogen-bond donors (Lipinski definition) is 0. The molecule has 1 saturated carbocycles. The first-order chi connectivity index (χ1) is 12.5. The van der Waals surface area contributed by atoms with E-state index in [1.165, 1.54) is 50.7 Å². The van der Waals surface area contributed by atoms with Gasteiger partial charge in [0.05, 0.1) is 0 Å². The van der Waals surface area contributed by atoms with Gasteiger partial charge in [-0.15, -0.1) is 0 Å². The molecule has 1 aromatic carbocycles. The quantitative estimate of drug-likeness (QED) is 0.426. The fourth-order valence-electron chi connectivity index (χ4n) is 4.83. The molecular weight excluding hydrogens is 379 g/mol. The summed E-state index contributed by atoms with van der Waals surface area (Å²) in [4.78, 5) is -1.81. The van der Waals surface area contributed by atoms with Crippen molar-refractivity contribution in [3.63, 3.8) is 0 Å². The highest BCUT2D eigenvalue weighted by Crippen LogP contribution is 3.02. The summed E-state index contributed by atoms with van der Waals surface area (Å²) in [7, 11) is -9.58. The number of benzene rings is 1. The van der Waals surface area contributed by atoms with Crippen molar-refractivity contribution in [3.8, 4) is 0 Å². The third-order valence-corrected chi connectivity index (χ3v) is 7.54. The van der Waals surface area contributed by atoms with Crippen LogP contribution in [-0.4, -0.2) is 0 Å². The van der Waals surface area contributed by atoms with Gasteiger partial charge < -0.3 is 0 Å². The van der Waals surface area contributed by atoms with Crippen molar-refractivity contribution in [2.24, 2.45) is 17.8 Å². The summed E-state index contributed by atoms with van der Waals surface area (Å²) in [5.74, 6) is 2.29. The van der Waals surface area contributed by atoms with Crippen LogP contribution in [0.2, 0.25) is 0 Å². The second-order valence-electron chi connectivity index (χ2n) is 8.33. The summed E-state index contributed by atoms with van der Waals surface area (Å²) in [5, 5.41) is 0. The summed E-state index contributed by atoms with van der Waals surface area (Å²) in [6.45, 7) is 2.24. The van der Waals surface area contributed by atoms with Crippen LogP contribution in [0.3, 0.4) is 0 Å². The average molecular weight is 409 g/mol. The maximum absolute atomic E-state index is 12.8. The largest absolute Gasteiger partial charge is 0.310 e. The van der Waals surface area contributed by atoms with E-state index in [1.54, 1.807) is 0 Å². The molecule has 0 heterocycles. The first kappa shape index (κ1) is 20.7. The van der Waals surface area contributed by atoms with E-state index in [2.05, 4.69) is 13.0 Å². The van der Waals surface area contributed by atoms with Crippen LogP contribution in [0, 0.1) is 17.8 Å². The van der Waals surface area contributed by atoms with Crippen LogP contribution in [0.5, 0.6) is 0 Å². The van der Waals surface area contributed by atoms with Gasteiger partial charge in [0.1, 0.15) is 4.90 Å². The lowest BCUT2D eigenvalue weighted by molar-refractivity contribution is 0.189. The van der Waals surface area contributed by atoms with E-state index in [0.29, 0.717) is 23.6 Å².